The first-order chi connectivity index (χ1) is 4.13. The van der Waals surface area contributed by atoms with E-state index >= 15 is 0 Å². The van der Waals surface area contributed by atoms with Crippen LogP contribution in [0.4, 0.5) is 0 Å². The molecule has 1 nitrogen and oxygen atoms in total. The van der Waals surface area contributed by atoms with Gasteiger partial charge in [0.05, 0.1) is 0 Å². The fourth-order valence-electron chi connectivity index (χ4n) is 0.613. The van der Waals surface area contributed by atoms with Crippen LogP contribution in [0.25, 0.3) is 0 Å². The first-order valence-corrected chi connectivity index (χ1v) is 6.41. The van der Waals surface area contributed by atoms with E-state index in [1.165, 1.54) is 5.57 Å². The van der Waals surface area contributed by atoms with Gasteiger partial charge in [0.1, 0.15) is 0 Å². The Morgan fingerprint density at radius 1 is 1.78 bits per heavy atom. The molecule has 0 aliphatic heterocycles. The summed E-state index contributed by atoms with van der Waals surface area (Å²) in [6, 6.07) is 1.08. The highest BCUT2D eigenvalue weighted by atomic mass is 28.2. The summed E-state index contributed by atoms with van der Waals surface area (Å²) in [7, 11) is 0.879. The van der Waals surface area contributed by atoms with E-state index < -0.39 is 0 Å². The third kappa shape index (κ3) is 8.13. The molecule has 0 saturated heterocycles. The molecule has 54 valence electrons. The van der Waals surface area contributed by atoms with Gasteiger partial charge in [-0.3, -0.25) is 0 Å². The maximum atomic E-state index is 8.93. The molecule has 0 bridgehead atoms. The highest BCUT2D eigenvalue weighted by Crippen LogP contribution is 1.90. The zero-order chi connectivity index (χ0) is 7.28. The molecule has 0 amide bonds. The molecule has 0 rings (SSSR count). The summed E-state index contributed by atoms with van der Waals surface area (Å²) < 4.78 is 0. The summed E-state index contributed by atoms with van der Waals surface area (Å²) in [5.74, 6) is 0. The van der Waals surface area contributed by atoms with E-state index in [1.54, 1.807) is 0 Å². The Balaban J connectivity index is 3.20. The fourth-order valence-corrected chi connectivity index (χ4v) is 2.84. The van der Waals surface area contributed by atoms with Gasteiger partial charge < -0.3 is 5.11 Å². The van der Waals surface area contributed by atoms with Crippen LogP contribution in [0.5, 0.6) is 0 Å². The van der Waals surface area contributed by atoms with Crippen molar-refractivity contribution >= 4 is 19.8 Å². The smallest absolute Gasteiger partial charge is 0.0475 e. The molecule has 1 unspecified atom stereocenters. The Bertz CT molecular complexity index is 95.2. The summed E-state index contributed by atoms with van der Waals surface area (Å²) in [5.41, 5.74) is 3.76. The van der Waals surface area contributed by atoms with Crippen molar-refractivity contribution in [1.29, 1.82) is 0 Å². The predicted octanol–water partition coefficient (Wildman–Crippen LogP) is -0.819. The Kier molecular flexibility index (Phi) is 5.04. The molecule has 0 radical (unpaired) electrons. The van der Waals surface area contributed by atoms with E-state index in [0.717, 1.165) is 16.3 Å². The molecule has 0 aromatic rings. The number of hydrogen-bond donors (Lipinski definition) is 1. The van der Waals surface area contributed by atoms with Gasteiger partial charge in [0, 0.05) is 25.5 Å². The SMILES string of the molecule is CC(C)=C[SiH2]CC(O)[SiH3]. The lowest BCUT2D eigenvalue weighted by molar-refractivity contribution is 0.276. The third-order valence-corrected chi connectivity index (χ3v) is 5.14. The number of rotatable bonds is 3. The second-order valence-corrected chi connectivity index (χ2v) is 5.60. The molecule has 1 atom stereocenters. The minimum atomic E-state index is -0.0610. The monoisotopic (exact) mass is 160 g/mol. The second-order valence-electron chi connectivity index (χ2n) is 2.71. The molecular formula is C6H16OSi2. The van der Waals surface area contributed by atoms with Crippen LogP contribution in [0.2, 0.25) is 6.04 Å². The van der Waals surface area contributed by atoms with Crippen molar-refractivity contribution in [1.82, 2.24) is 0 Å². The molecule has 0 aliphatic rings. The van der Waals surface area contributed by atoms with E-state index in [4.69, 9.17) is 5.11 Å². The van der Waals surface area contributed by atoms with Gasteiger partial charge in [-0.25, -0.2) is 0 Å². The highest BCUT2D eigenvalue weighted by molar-refractivity contribution is 6.43. The quantitative estimate of drug-likeness (QED) is 0.535. The van der Waals surface area contributed by atoms with Crippen molar-refractivity contribution in [2.24, 2.45) is 0 Å². The first kappa shape index (κ1) is 9.13. The van der Waals surface area contributed by atoms with Crippen LogP contribution in [0.3, 0.4) is 0 Å². The van der Waals surface area contributed by atoms with E-state index in [9.17, 15) is 0 Å². The summed E-state index contributed by atoms with van der Waals surface area (Å²) in [6.07, 6.45) is 0. The van der Waals surface area contributed by atoms with Crippen molar-refractivity contribution in [2.45, 2.75) is 25.6 Å². The molecule has 1 N–H and O–H groups in total. The van der Waals surface area contributed by atoms with E-state index in [0.29, 0.717) is 0 Å². The van der Waals surface area contributed by atoms with Crippen molar-refractivity contribution in [3.63, 3.8) is 0 Å². The molecule has 3 heteroatoms. The van der Waals surface area contributed by atoms with Gasteiger partial charge in [0.2, 0.25) is 0 Å². The van der Waals surface area contributed by atoms with Gasteiger partial charge in [-0.15, -0.1) is 5.70 Å². The summed E-state index contributed by atoms with van der Waals surface area (Å²) in [6.45, 7) is 4.24. The minimum absolute atomic E-state index is 0.0484. The van der Waals surface area contributed by atoms with Gasteiger partial charge in [-0.05, 0) is 19.9 Å². The van der Waals surface area contributed by atoms with E-state index in [2.05, 4.69) is 19.5 Å². The van der Waals surface area contributed by atoms with Gasteiger partial charge >= 0.3 is 0 Å². The number of allylic oxidation sites excluding steroid dienone is 1. The molecule has 0 spiro atoms. The van der Waals surface area contributed by atoms with Crippen LogP contribution in [0.1, 0.15) is 13.8 Å². The topological polar surface area (TPSA) is 20.2 Å². The highest BCUT2D eigenvalue weighted by Gasteiger charge is 1.91. The Hall–Kier alpha value is 0.134. The maximum absolute atomic E-state index is 8.93. The third-order valence-electron chi connectivity index (χ3n) is 1.14. The van der Waals surface area contributed by atoms with Crippen molar-refractivity contribution < 1.29 is 5.11 Å². The largest absolute Gasteiger partial charge is 0.398 e. The van der Waals surface area contributed by atoms with Crippen LogP contribution < -0.4 is 0 Å². The Morgan fingerprint density at radius 3 is 2.67 bits per heavy atom. The molecule has 0 fully saturated rings. The van der Waals surface area contributed by atoms with Crippen LogP contribution in [-0.2, 0) is 0 Å². The molecule has 0 aliphatic carbocycles. The second kappa shape index (κ2) is 4.96. The molecule has 0 aromatic heterocycles. The lowest BCUT2D eigenvalue weighted by Gasteiger charge is -1.98. The number of aliphatic hydroxyl groups is 1. The molecule has 0 saturated carbocycles. The average molecular weight is 160 g/mol. The van der Waals surface area contributed by atoms with Crippen molar-refractivity contribution in [3.8, 4) is 0 Å². The molecule has 9 heavy (non-hydrogen) atoms. The summed E-state index contributed by atoms with van der Waals surface area (Å²) in [4.78, 5) is 0. The van der Waals surface area contributed by atoms with E-state index in [1.807, 2.05) is 0 Å². The standard InChI is InChI=1S/C6H16OSi2/c1-5(2)3-9-4-6(7)8/h3,6-7H,4,9H2,1-2,8H3. The Morgan fingerprint density at radius 2 is 2.33 bits per heavy atom. The lowest BCUT2D eigenvalue weighted by Crippen LogP contribution is -2.07. The van der Waals surface area contributed by atoms with Gasteiger partial charge in [0.15, 0.2) is 0 Å². The zero-order valence-electron chi connectivity index (χ0n) is 6.52. The molecular weight excluding hydrogens is 144 g/mol. The predicted molar refractivity (Wildman–Crippen MR) is 48.7 cm³/mol. The summed E-state index contributed by atoms with van der Waals surface area (Å²) >= 11 is 0. The van der Waals surface area contributed by atoms with Gasteiger partial charge in [-0.1, -0.05) is 5.57 Å². The number of aliphatic hydroxyl groups excluding tert-OH is 1. The summed E-state index contributed by atoms with van der Waals surface area (Å²) in [5, 5.41) is 8.93. The molecule has 0 aromatic carbocycles. The lowest BCUT2D eigenvalue weighted by atomic mass is 10.4. The fraction of sp³-hybridized carbons (Fsp3) is 0.667. The first-order valence-electron chi connectivity index (χ1n) is 3.44. The van der Waals surface area contributed by atoms with Crippen molar-refractivity contribution in [2.75, 3.05) is 0 Å². The van der Waals surface area contributed by atoms with Crippen LogP contribution >= 0.6 is 0 Å². The van der Waals surface area contributed by atoms with Crippen molar-refractivity contribution in [3.05, 3.63) is 11.3 Å². The Labute approximate surface area is 62.4 Å². The van der Waals surface area contributed by atoms with E-state index in [-0.39, 0.29) is 15.2 Å². The normalized spacial score (nSPS) is 14.6. The average Bonchev–Trinajstić information content (AvgIpc) is 1.63. The molecule has 0 heterocycles. The maximum Gasteiger partial charge on any atom is 0.0475 e. The van der Waals surface area contributed by atoms with Crippen LogP contribution in [0, 0.1) is 0 Å². The minimum Gasteiger partial charge on any atom is -0.398 e. The number of hydrogen-bond acceptors (Lipinski definition) is 1. The van der Waals surface area contributed by atoms with Gasteiger partial charge in [0.25, 0.3) is 0 Å². The zero-order valence-corrected chi connectivity index (χ0v) is 9.93. The van der Waals surface area contributed by atoms with Crippen LogP contribution in [0.15, 0.2) is 11.3 Å². The van der Waals surface area contributed by atoms with Gasteiger partial charge in [-0.2, -0.15) is 0 Å². The van der Waals surface area contributed by atoms with Crippen LogP contribution in [-0.4, -0.2) is 30.6 Å².